The molecular weight excluding hydrogens is 361 g/mol. The number of phenols is 1. The van der Waals surface area contributed by atoms with Gasteiger partial charge in [0.05, 0.1) is 12.1 Å². The number of hydrogen-bond acceptors (Lipinski definition) is 4. The molecule has 0 aliphatic heterocycles. The third kappa shape index (κ3) is 2.95. The van der Waals surface area contributed by atoms with Crippen LogP contribution in [-0.4, -0.2) is 22.1 Å². The third-order valence-electron chi connectivity index (χ3n) is 5.14. The fraction of sp³-hybridized carbons (Fsp3) is 0.273. The van der Waals surface area contributed by atoms with Crippen LogP contribution >= 0.6 is 0 Å². The molecule has 0 bridgehead atoms. The quantitative estimate of drug-likeness (QED) is 0.689. The van der Waals surface area contributed by atoms with E-state index in [0.29, 0.717) is 22.2 Å². The van der Waals surface area contributed by atoms with Crippen molar-refractivity contribution in [2.45, 2.75) is 32.6 Å². The van der Waals surface area contributed by atoms with Crippen molar-refractivity contribution in [3.8, 4) is 16.9 Å². The summed E-state index contributed by atoms with van der Waals surface area (Å²) in [5, 5.41) is 9.52. The highest BCUT2D eigenvalue weighted by Crippen LogP contribution is 2.44. The zero-order valence-corrected chi connectivity index (χ0v) is 15.7. The first kappa shape index (κ1) is 18.2. The van der Waals surface area contributed by atoms with Gasteiger partial charge in [-0.05, 0) is 67.5 Å². The average molecular weight is 381 g/mol. The maximum Gasteiger partial charge on any atom is 0.343 e. The number of esters is 1. The lowest BCUT2D eigenvalue weighted by atomic mass is 9.96. The molecule has 0 amide bonds. The molecule has 0 radical (unpaired) electrons. The van der Waals surface area contributed by atoms with E-state index in [1.807, 2.05) is 0 Å². The van der Waals surface area contributed by atoms with Crippen LogP contribution in [0, 0.1) is 12.7 Å². The van der Waals surface area contributed by atoms with Crippen molar-refractivity contribution >= 4 is 11.5 Å². The molecule has 0 atom stereocenters. The third-order valence-corrected chi connectivity index (χ3v) is 5.14. The van der Waals surface area contributed by atoms with Gasteiger partial charge in [0.15, 0.2) is 0 Å². The van der Waals surface area contributed by atoms with E-state index in [1.54, 1.807) is 32.0 Å². The summed E-state index contributed by atoms with van der Waals surface area (Å²) in [7, 11) is 0. The number of hydrogen-bond donors (Lipinski definition) is 1. The van der Waals surface area contributed by atoms with Gasteiger partial charge >= 0.3 is 5.97 Å². The predicted octanol–water partition coefficient (Wildman–Crippen LogP) is 4.17. The van der Waals surface area contributed by atoms with Gasteiger partial charge in [0.2, 0.25) is 0 Å². The molecule has 1 aliphatic rings. The number of pyridine rings is 2. The predicted molar refractivity (Wildman–Crippen MR) is 103 cm³/mol. The SMILES string of the molecule is CCOC(=O)c1cc(C2CC2)c2c(C)c(-c3ccc(O)cc3)c(F)cn2c1=O. The van der Waals surface area contributed by atoms with Gasteiger partial charge in [0, 0.05) is 11.8 Å². The molecule has 0 unspecified atom stereocenters. The van der Waals surface area contributed by atoms with E-state index in [1.165, 1.54) is 16.5 Å². The number of halogens is 1. The molecule has 3 aromatic rings. The van der Waals surface area contributed by atoms with Crippen LogP contribution in [0.2, 0.25) is 0 Å². The zero-order valence-electron chi connectivity index (χ0n) is 15.7. The van der Waals surface area contributed by atoms with E-state index in [4.69, 9.17) is 4.74 Å². The Balaban J connectivity index is 2.04. The van der Waals surface area contributed by atoms with Crippen molar-refractivity contribution in [2.24, 2.45) is 0 Å². The fourth-order valence-corrected chi connectivity index (χ4v) is 3.69. The van der Waals surface area contributed by atoms with Crippen LogP contribution < -0.4 is 5.56 Å². The van der Waals surface area contributed by atoms with E-state index in [-0.39, 0.29) is 23.8 Å². The second-order valence-electron chi connectivity index (χ2n) is 7.06. The molecule has 6 heteroatoms. The molecule has 0 saturated heterocycles. The molecule has 4 rings (SSSR count). The second kappa shape index (κ2) is 6.78. The van der Waals surface area contributed by atoms with Crippen LogP contribution in [-0.2, 0) is 4.74 Å². The molecular formula is C22H20FNO4. The van der Waals surface area contributed by atoms with Crippen LogP contribution in [0.25, 0.3) is 16.6 Å². The van der Waals surface area contributed by atoms with Crippen LogP contribution in [0.3, 0.4) is 0 Å². The maximum atomic E-state index is 15.0. The lowest BCUT2D eigenvalue weighted by Gasteiger charge is -2.17. The smallest absolute Gasteiger partial charge is 0.343 e. The summed E-state index contributed by atoms with van der Waals surface area (Å²) in [5.41, 5.74) is 2.45. The Labute approximate surface area is 161 Å². The number of phenolic OH excluding ortho intramolecular Hbond substituents is 1. The number of carbonyl (C=O) groups excluding carboxylic acids is 1. The maximum absolute atomic E-state index is 15.0. The summed E-state index contributed by atoms with van der Waals surface area (Å²) in [6, 6.07) is 7.88. The first-order valence-electron chi connectivity index (χ1n) is 9.27. The molecule has 1 aromatic carbocycles. The highest BCUT2D eigenvalue weighted by Gasteiger charge is 2.30. The van der Waals surface area contributed by atoms with Gasteiger partial charge in [-0.15, -0.1) is 0 Å². The molecule has 0 spiro atoms. The molecule has 1 fully saturated rings. The number of aryl methyl sites for hydroxylation is 1. The standard InChI is InChI=1S/C22H20FNO4/c1-3-28-22(27)17-10-16(13-4-5-13)20-12(2)19(14-6-8-15(25)9-7-14)18(23)11-24(20)21(17)26/h6-11,13,25H,3-5H2,1-2H3. The minimum atomic E-state index is -0.690. The number of ether oxygens (including phenoxy) is 1. The Morgan fingerprint density at radius 3 is 2.57 bits per heavy atom. The Morgan fingerprint density at radius 1 is 1.29 bits per heavy atom. The summed E-state index contributed by atoms with van der Waals surface area (Å²) in [5.74, 6) is -0.929. The Kier molecular flexibility index (Phi) is 4.41. The summed E-state index contributed by atoms with van der Waals surface area (Å²) < 4.78 is 21.3. The van der Waals surface area contributed by atoms with E-state index >= 15 is 4.39 Å². The summed E-state index contributed by atoms with van der Waals surface area (Å²) in [4.78, 5) is 25.1. The van der Waals surface area contributed by atoms with Gasteiger partial charge in [-0.1, -0.05) is 12.1 Å². The van der Waals surface area contributed by atoms with Crippen molar-refractivity contribution in [3.05, 3.63) is 69.4 Å². The van der Waals surface area contributed by atoms with Crippen molar-refractivity contribution in [1.82, 2.24) is 4.40 Å². The van der Waals surface area contributed by atoms with Crippen molar-refractivity contribution in [2.75, 3.05) is 6.61 Å². The van der Waals surface area contributed by atoms with Crippen LogP contribution in [0.4, 0.5) is 4.39 Å². The average Bonchev–Trinajstić information content (AvgIpc) is 3.49. The van der Waals surface area contributed by atoms with Crippen LogP contribution in [0.5, 0.6) is 5.75 Å². The normalized spacial score (nSPS) is 13.7. The summed E-state index contributed by atoms with van der Waals surface area (Å²) in [6.45, 7) is 3.61. The lowest BCUT2D eigenvalue weighted by Crippen LogP contribution is -2.25. The molecule has 28 heavy (non-hydrogen) atoms. The van der Waals surface area contributed by atoms with E-state index < -0.39 is 17.3 Å². The Hall–Kier alpha value is -3.15. The molecule has 2 aromatic heterocycles. The van der Waals surface area contributed by atoms with Crippen LogP contribution in [0.15, 0.2) is 41.3 Å². The fourth-order valence-electron chi connectivity index (χ4n) is 3.69. The molecule has 1 aliphatic carbocycles. The molecule has 5 nitrogen and oxygen atoms in total. The second-order valence-corrected chi connectivity index (χ2v) is 7.06. The highest BCUT2D eigenvalue weighted by molar-refractivity contribution is 5.91. The Bertz CT molecular complexity index is 1140. The Morgan fingerprint density at radius 2 is 1.96 bits per heavy atom. The van der Waals surface area contributed by atoms with E-state index in [0.717, 1.165) is 24.6 Å². The van der Waals surface area contributed by atoms with E-state index in [9.17, 15) is 14.7 Å². The summed E-state index contributed by atoms with van der Waals surface area (Å²) in [6.07, 6.45) is 3.06. The van der Waals surface area contributed by atoms with Crippen molar-refractivity contribution in [3.63, 3.8) is 0 Å². The molecule has 1 N–H and O–H groups in total. The lowest BCUT2D eigenvalue weighted by molar-refractivity contribution is 0.0524. The number of fused-ring (bicyclic) bond motifs is 1. The minimum absolute atomic E-state index is 0.0718. The number of rotatable bonds is 4. The largest absolute Gasteiger partial charge is 0.508 e. The van der Waals surface area contributed by atoms with Gasteiger partial charge in [-0.25, -0.2) is 9.18 Å². The number of carbonyl (C=O) groups is 1. The number of aromatic hydroxyl groups is 1. The first-order valence-corrected chi connectivity index (χ1v) is 9.27. The van der Waals surface area contributed by atoms with Gasteiger partial charge in [-0.2, -0.15) is 0 Å². The van der Waals surface area contributed by atoms with Gasteiger partial charge in [0.25, 0.3) is 5.56 Å². The number of benzene rings is 1. The van der Waals surface area contributed by atoms with Gasteiger partial charge < -0.3 is 9.84 Å². The zero-order chi connectivity index (χ0) is 20.0. The number of aromatic nitrogens is 1. The molecule has 144 valence electrons. The minimum Gasteiger partial charge on any atom is -0.508 e. The summed E-state index contributed by atoms with van der Waals surface area (Å²) >= 11 is 0. The van der Waals surface area contributed by atoms with Gasteiger partial charge in [-0.3, -0.25) is 9.20 Å². The molecule has 2 heterocycles. The van der Waals surface area contributed by atoms with Crippen molar-refractivity contribution < 1.29 is 19.0 Å². The van der Waals surface area contributed by atoms with Crippen LogP contribution in [0.1, 0.15) is 47.2 Å². The number of nitrogens with zero attached hydrogens (tertiary/aromatic N) is 1. The monoisotopic (exact) mass is 381 g/mol. The first-order chi connectivity index (χ1) is 13.4. The van der Waals surface area contributed by atoms with E-state index in [2.05, 4.69) is 0 Å². The van der Waals surface area contributed by atoms with Gasteiger partial charge in [0.1, 0.15) is 17.1 Å². The highest BCUT2D eigenvalue weighted by atomic mass is 19.1. The molecule has 1 saturated carbocycles. The van der Waals surface area contributed by atoms with Crippen molar-refractivity contribution in [1.29, 1.82) is 0 Å². The topological polar surface area (TPSA) is 68.0 Å².